The monoisotopic (exact) mass is 251 g/mol. The van der Waals surface area contributed by atoms with Gasteiger partial charge in [-0.1, -0.05) is 0 Å². The van der Waals surface area contributed by atoms with E-state index in [1.165, 1.54) is 23.7 Å². The van der Waals surface area contributed by atoms with E-state index in [0.717, 1.165) is 12.8 Å². The number of aromatic nitrogens is 2. The lowest BCUT2D eigenvalue weighted by atomic mass is 10.00. The molecule has 2 unspecified atom stereocenters. The molecule has 98 valence electrons. The standard InChI is InChI=1S/C11H17N5O2/c1-15-6-10(16(17)18)11(14-15)13-9-4-7-2-3-8(5-9)12-7/h6-9,12H,2-5H2,1H3,(H,13,14). The van der Waals surface area contributed by atoms with Gasteiger partial charge in [0.25, 0.3) is 0 Å². The lowest BCUT2D eigenvalue weighted by molar-refractivity contribution is -0.384. The van der Waals surface area contributed by atoms with Crippen LogP contribution >= 0.6 is 0 Å². The van der Waals surface area contributed by atoms with Gasteiger partial charge in [0.2, 0.25) is 5.82 Å². The van der Waals surface area contributed by atoms with Crippen LogP contribution in [-0.4, -0.2) is 32.8 Å². The second kappa shape index (κ2) is 4.24. The Balaban J connectivity index is 1.74. The molecular weight excluding hydrogens is 234 g/mol. The molecule has 18 heavy (non-hydrogen) atoms. The van der Waals surface area contributed by atoms with E-state index in [4.69, 9.17) is 0 Å². The Bertz CT molecular complexity index is 460. The summed E-state index contributed by atoms with van der Waals surface area (Å²) in [4.78, 5) is 10.5. The van der Waals surface area contributed by atoms with Gasteiger partial charge in [-0.2, -0.15) is 0 Å². The number of anilines is 1. The SMILES string of the molecule is Cn1cc([N+](=O)[O-])c(NC2CC3CCC(C2)N3)n1. The zero-order chi connectivity index (χ0) is 12.7. The first-order valence-corrected chi connectivity index (χ1v) is 6.32. The molecule has 2 aliphatic heterocycles. The van der Waals surface area contributed by atoms with Crippen LogP contribution in [0.25, 0.3) is 0 Å². The first kappa shape index (κ1) is 11.5. The number of rotatable bonds is 3. The molecule has 2 N–H and O–H groups in total. The minimum atomic E-state index is -0.384. The van der Waals surface area contributed by atoms with Gasteiger partial charge in [-0.15, -0.1) is 5.10 Å². The summed E-state index contributed by atoms with van der Waals surface area (Å²) in [5.41, 5.74) is 0.0587. The van der Waals surface area contributed by atoms with Crippen LogP contribution in [0.3, 0.4) is 0 Å². The molecule has 1 aromatic rings. The van der Waals surface area contributed by atoms with Crippen molar-refractivity contribution < 1.29 is 4.92 Å². The van der Waals surface area contributed by atoms with E-state index in [-0.39, 0.29) is 16.7 Å². The fourth-order valence-electron chi connectivity index (χ4n) is 3.08. The number of fused-ring (bicyclic) bond motifs is 2. The van der Waals surface area contributed by atoms with Crippen LogP contribution in [0.2, 0.25) is 0 Å². The molecule has 7 nitrogen and oxygen atoms in total. The summed E-state index contributed by atoms with van der Waals surface area (Å²) in [6.45, 7) is 0. The zero-order valence-electron chi connectivity index (χ0n) is 10.3. The number of nitro groups is 1. The smallest absolute Gasteiger partial charge is 0.330 e. The summed E-state index contributed by atoms with van der Waals surface area (Å²) >= 11 is 0. The number of aryl methyl sites for hydroxylation is 1. The fourth-order valence-corrected chi connectivity index (χ4v) is 3.08. The number of nitrogens with zero attached hydrogens (tertiary/aromatic N) is 3. The van der Waals surface area contributed by atoms with Crippen LogP contribution in [-0.2, 0) is 7.05 Å². The van der Waals surface area contributed by atoms with Gasteiger partial charge in [0, 0.05) is 25.2 Å². The Hall–Kier alpha value is -1.63. The van der Waals surface area contributed by atoms with Gasteiger partial charge in [-0.25, -0.2) is 0 Å². The first-order chi connectivity index (χ1) is 8.61. The van der Waals surface area contributed by atoms with E-state index in [2.05, 4.69) is 15.7 Å². The van der Waals surface area contributed by atoms with Crippen molar-refractivity contribution in [2.24, 2.45) is 7.05 Å². The number of hydrogen-bond acceptors (Lipinski definition) is 5. The summed E-state index contributed by atoms with van der Waals surface area (Å²) < 4.78 is 1.48. The van der Waals surface area contributed by atoms with Crippen molar-refractivity contribution in [1.29, 1.82) is 0 Å². The van der Waals surface area contributed by atoms with E-state index in [1.807, 2.05) is 0 Å². The van der Waals surface area contributed by atoms with Gasteiger partial charge < -0.3 is 10.6 Å². The van der Waals surface area contributed by atoms with E-state index in [9.17, 15) is 10.1 Å². The van der Waals surface area contributed by atoms with E-state index in [0.29, 0.717) is 17.9 Å². The van der Waals surface area contributed by atoms with Crippen LogP contribution in [0.1, 0.15) is 25.7 Å². The second-order valence-corrected chi connectivity index (χ2v) is 5.24. The van der Waals surface area contributed by atoms with Gasteiger partial charge in [-0.05, 0) is 25.7 Å². The van der Waals surface area contributed by atoms with Gasteiger partial charge in [0.05, 0.1) is 4.92 Å². The number of nitrogens with one attached hydrogen (secondary N) is 2. The minimum absolute atomic E-state index is 0.0587. The summed E-state index contributed by atoms with van der Waals surface area (Å²) in [6.07, 6.45) is 5.91. The lowest BCUT2D eigenvalue weighted by Crippen LogP contribution is -2.43. The first-order valence-electron chi connectivity index (χ1n) is 6.32. The highest BCUT2D eigenvalue weighted by Crippen LogP contribution is 2.30. The van der Waals surface area contributed by atoms with Crippen LogP contribution < -0.4 is 10.6 Å². The molecule has 0 saturated carbocycles. The maximum atomic E-state index is 10.9. The van der Waals surface area contributed by atoms with Gasteiger partial charge >= 0.3 is 5.69 Å². The van der Waals surface area contributed by atoms with Crippen molar-refractivity contribution in [1.82, 2.24) is 15.1 Å². The summed E-state index contributed by atoms with van der Waals surface area (Å²) in [5, 5.41) is 21.8. The van der Waals surface area contributed by atoms with E-state index < -0.39 is 0 Å². The summed E-state index contributed by atoms with van der Waals surface area (Å²) in [7, 11) is 1.70. The number of hydrogen-bond donors (Lipinski definition) is 2. The Kier molecular flexibility index (Phi) is 2.70. The predicted octanol–water partition coefficient (Wildman–Crippen LogP) is 1.02. The van der Waals surface area contributed by atoms with Crippen molar-refractivity contribution in [2.45, 2.75) is 43.8 Å². The van der Waals surface area contributed by atoms with Crippen molar-refractivity contribution in [3.8, 4) is 0 Å². The molecule has 0 radical (unpaired) electrons. The maximum absolute atomic E-state index is 10.9. The highest BCUT2D eigenvalue weighted by atomic mass is 16.6. The van der Waals surface area contributed by atoms with Gasteiger partial charge in [-0.3, -0.25) is 14.8 Å². The van der Waals surface area contributed by atoms with E-state index >= 15 is 0 Å². The van der Waals surface area contributed by atoms with Crippen LogP contribution in [0, 0.1) is 10.1 Å². The Morgan fingerprint density at radius 1 is 1.50 bits per heavy atom. The maximum Gasteiger partial charge on any atom is 0.330 e. The molecule has 2 atom stereocenters. The molecule has 1 aromatic heterocycles. The molecular formula is C11H17N5O2. The van der Waals surface area contributed by atoms with Crippen molar-refractivity contribution in [3.05, 3.63) is 16.3 Å². The summed E-state index contributed by atoms with van der Waals surface area (Å²) in [6, 6.07) is 1.41. The fraction of sp³-hybridized carbons (Fsp3) is 0.727. The normalized spacial score (nSPS) is 30.4. The molecule has 2 bridgehead atoms. The second-order valence-electron chi connectivity index (χ2n) is 5.24. The van der Waals surface area contributed by atoms with Gasteiger partial charge in [0.15, 0.2) is 0 Å². The van der Waals surface area contributed by atoms with E-state index in [1.54, 1.807) is 7.05 Å². The average Bonchev–Trinajstić information content (AvgIpc) is 2.82. The third-order valence-corrected chi connectivity index (χ3v) is 3.82. The van der Waals surface area contributed by atoms with Crippen LogP contribution in [0.15, 0.2) is 6.20 Å². The molecule has 0 spiro atoms. The number of piperidine rings is 1. The molecule has 0 aliphatic carbocycles. The third kappa shape index (κ3) is 2.05. The van der Waals surface area contributed by atoms with Crippen molar-refractivity contribution in [3.63, 3.8) is 0 Å². The van der Waals surface area contributed by atoms with Crippen molar-refractivity contribution >= 4 is 11.5 Å². The molecule has 7 heteroatoms. The zero-order valence-corrected chi connectivity index (χ0v) is 10.3. The van der Waals surface area contributed by atoms with Crippen molar-refractivity contribution in [2.75, 3.05) is 5.32 Å². The average molecular weight is 251 g/mol. The van der Waals surface area contributed by atoms with Gasteiger partial charge in [0.1, 0.15) is 6.20 Å². The highest BCUT2D eigenvalue weighted by molar-refractivity contribution is 5.55. The Morgan fingerprint density at radius 3 is 2.78 bits per heavy atom. The molecule has 2 saturated heterocycles. The predicted molar refractivity (Wildman–Crippen MR) is 66.5 cm³/mol. The third-order valence-electron chi connectivity index (χ3n) is 3.82. The van der Waals surface area contributed by atoms with Crippen LogP contribution in [0.4, 0.5) is 11.5 Å². The minimum Gasteiger partial charge on any atom is -0.360 e. The molecule has 0 amide bonds. The highest BCUT2D eigenvalue weighted by Gasteiger charge is 2.34. The Labute approximate surface area is 105 Å². The molecule has 3 heterocycles. The van der Waals surface area contributed by atoms with Crippen LogP contribution in [0.5, 0.6) is 0 Å². The molecule has 2 fully saturated rings. The topological polar surface area (TPSA) is 85.0 Å². The molecule has 3 rings (SSSR count). The lowest BCUT2D eigenvalue weighted by Gasteiger charge is -2.29. The molecule has 0 aromatic carbocycles. The largest absolute Gasteiger partial charge is 0.360 e. The molecule has 2 aliphatic rings. The quantitative estimate of drug-likeness (QED) is 0.619. The Morgan fingerprint density at radius 2 is 2.17 bits per heavy atom. The summed E-state index contributed by atoms with van der Waals surface area (Å²) in [5.74, 6) is 0.397.